The zero-order valence-corrected chi connectivity index (χ0v) is 13.2. The van der Waals surface area contributed by atoms with E-state index in [1.165, 1.54) is 6.07 Å². The molecule has 0 aliphatic rings. The summed E-state index contributed by atoms with van der Waals surface area (Å²) in [6, 6.07) is 4.77. The van der Waals surface area contributed by atoms with Crippen LogP contribution >= 0.6 is 22.9 Å². The first kappa shape index (κ1) is 15.4. The summed E-state index contributed by atoms with van der Waals surface area (Å²) in [7, 11) is 0. The zero-order valence-electron chi connectivity index (χ0n) is 11.6. The summed E-state index contributed by atoms with van der Waals surface area (Å²) in [6.07, 6.45) is 1.69. The van der Waals surface area contributed by atoms with Gasteiger partial charge < -0.3 is 5.32 Å². The third kappa shape index (κ3) is 4.01. The molecule has 0 radical (unpaired) electrons. The molecule has 20 heavy (non-hydrogen) atoms. The number of rotatable bonds is 6. The normalized spacial score (nSPS) is 12.6. The maximum atomic E-state index is 14.1. The minimum Gasteiger partial charge on any atom is -0.310 e. The van der Waals surface area contributed by atoms with Crippen LogP contribution < -0.4 is 5.32 Å². The standard InChI is InChI=1S/C15H18ClFN2S/c1-3-6-18-15(8-12-9-20-10(2)19-12)13-5-4-11(16)7-14(13)17/h4-5,7,9,15,18H,3,6,8H2,1-2H3. The quantitative estimate of drug-likeness (QED) is 0.848. The number of nitrogens with one attached hydrogen (secondary N) is 1. The number of benzene rings is 1. The predicted octanol–water partition coefficient (Wildman–Crippen LogP) is 4.53. The molecule has 0 saturated heterocycles. The van der Waals surface area contributed by atoms with Crippen molar-refractivity contribution in [1.82, 2.24) is 10.3 Å². The molecule has 0 aliphatic heterocycles. The Morgan fingerprint density at radius 1 is 1.45 bits per heavy atom. The van der Waals surface area contributed by atoms with Crippen LogP contribution in [0.4, 0.5) is 4.39 Å². The van der Waals surface area contributed by atoms with Crippen molar-refractivity contribution >= 4 is 22.9 Å². The van der Waals surface area contributed by atoms with Gasteiger partial charge in [-0.2, -0.15) is 0 Å². The largest absolute Gasteiger partial charge is 0.310 e. The molecular formula is C15H18ClFN2S. The molecule has 0 fully saturated rings. The molecule has 0 spiro atoms. The fourth-order valence-electron chi connectivity index (χ4n) is 2.11. The fraction of sp³-hybridized carbons (Fsp3) is 0.400. The molecule has 0 saturated carbocycles. The molecule has 1 N–H and O–H groups in total. The molecule has 5 heteroatoms. The lowest BCUT2D eigenvalue weighted by Gasteiger charge is -2.19. The first-order chi connectivity index (χ1) is 9.60. The van der Waals surface area contributed by atoms with Crippen molar-refractivity contribution < 1.29 is 4.39 Å². The highest BCUT2D eigenvalue weighted by Gasteiger charge is 2.17. The third-order valence-corrected chi connectivity index (χ3v) is 4.12. The van der Waals surface area contributed by atoms with Crippen molar-refractivity contribution in [3.05, 3.63) is 50.7 Å². The van der Waals surface area contributed by atoms with E-state index in [0.717, 1.165) is 23.7 Å². The fourth-order valence-corrected chi connectivity index (χ4v) is 2.89. The van der Waals surface area contributed by atoms with E-state index in [-0.39, 0.29) is 11.9 Å². The summed E-state index contributed by atoms with van der Waals surface area (Å²) in [5, 5.41) is 6.87. The van der Waals surface area contributed by atoms with Gasteiger partial charge in [0.2, 0.25) is 0 Å². The SMILES string of the molecule is CCCNC(Cc1csc(C)n1)c1ccc(Cl)cc1F. The summed E-state index contributed by atoms with van der Waals surface area (Å²) in [6.45, 7) is 4.91. The van der Waals surface area contributed by atoms with Crippen molar-refractivity contribution in [2.75, 3.05) is 6.54 Å². The highest BCUT2D eigenvalue weighted by Crippen LogP contribution is 2.24. The second kappa shape index (κ2) is 7.16. The van der Waals surface area contributed by atoms with E-state index in [1.54, 1.807) is 23.5 Å². The lowest BCUT2D eigenvalue weighted by Crippen LogP contribution is -2.25. The van der Waals surface area contributed by atoms with Crippen LogP contribution in [-0.4, -0.2) is 11.5 Å². The summed E-state index contributed by atoms with van der Waals surface area (Å²) in [5.74, 6) is -0.266. The van der Waals surface area contributed by atoms with Crippen molar-refractivity contribution in [3.8, 4) is 0 Å². The Labute approximate surface area is 128 Å². The van der Waals surface area contributed by atoms with Crippen LogP contribution in [0.3, 0.4) is 0 Å². The Hall–Kier alpha value is -0.970. The van der Waals surface area contributed by atoms with Gasteiger partial charge in [0.05, 0.1) is 10.7 Å². The summed E-state index contributed by atoms with van der Waals surface area (Å²) < 4.78 is 14.1. The highest BCUT2D eigenvalue weighted by molar-refractivity contribution is 7.09. The van der Waals surface area contributed by atoms with Gasteiger partial charge in [-0.25, -0.2) is 9.37 Å². The first-order valence-electron chi connectivity index (χ1n) is 6.69. The van der Waals surface area contributed by atoms with Gasteiger partial charge in [-0.05, 0) is 32.0 Å². The van der Waals surface area contributed by atoms with Crippen LogP contribution in [0.1, 0.15) is 35.7 Å². The average Bonchev–Trinajstić information content (AvgIpc) is 2.80. The molecule has 1 aromatic carbocycles. The first-order valence-corrected chi connectivity index (χ1v) is 7.95. The van der Waals surface area contributed by atoms with Crippen molar-refractivity contribution in [2.45, 2.75) is 32.7 Å². The zero-order chi connectivity index (χ0) is 14.5. The number of nitrogens with zero attached hydrogens (tertiary/aromatic N) is 1. The lowest BCUT2D eigenvalue weighted by atomic mass is 10.0. The number of hydrogen-bond acceptors (Lipinski definition) is 3. The second-order valence-corrected chi connectivity index (χ2v) is 6.23. The number of aryl methyl sites for hydroxylation is 1. The van der Waals surface area contributed by atoms with Crippen LogP contribution in [-0.2, 0) is 6.42 Å². The van der Waals surface area contributed by atoms with Crippen molar-refractivity contribution in [3.63, 3.8) is 0 Å². The maximum absolute atomic E-state index is 14.1. The number of halogens is 2. The van der Waals surface area contributed by atoms with E-state index in [0.29, 0.717) is 17.0 Å². The molecule has 2 rings (SSSR count). The minimum absolute atomic E-state index is 0.0753. The molecular weight excluding hydrogens is 295 g/mol. The van der Waals surface area contributed by atoms with Gasteiger partial charge in [0.15, 0.2) is 0 Å². The molecule has 2 aromatic rings. The summed E-state index contributed by atoms with van der Waals surface area (Å²) in [4.78, 5) is 4.46. The van der Waals surface area contributed by atoms with Crippen LogP contribution in [0.2, 0.25) is 5.02 Å². The number of thiazole rings is 1. The van der Waals surface area contributed by atoms with Gasteiger partial charge in [0.25, 0.3) is 0 Å². The van der Waals surface area contributed by atoms with Gasteiger partial charge in [0, 0.05) is 28.4 Å². The average molecular weight is 313 g/mol. The Kier molecular flexibility index (Phi) is 5.52. The molecule has 1 unspecified atom stereocenters. The van der Waals surface area contributed by atoms with Crippen LogP contribution in [0.25, 0.3) is 0 Å². The lowest BCUT2D eigenvalue weighted by molar-refractivity contribution is 0.494. The Morgan fingerprint density at radius 3 is 2.85 bits per heavy atom. The van der Waals surface area contributed by atoms with Gasteiger partial charge >= 0.3 is 0 Å². The minimum atomic E-state index is -0.266. The molecule has 108 valence electrons. The Balaban J connectivity index is 2.22. The van der Waals surface area contributed by atoms with Gasteiger partial charge in [-0.1, -0.05) is 24.6 Å². The van der Waals surface area contributed by atoms with E-state index < -0.39 is 0 Å². The molecule has 1 heterocycles. The molecule has 0 amide bonds. The van der Waals surface area contributed by atoms with Gasteiger partial charge in [-0.15, -0.1) is 11.3 Å². The number of hydrogen-bond donors (Lipinski definition) is 1. The summed E-state index contributed by atoms with van der Waals surface area (Å²) >= 11 is 7.44. The Bertz CT molecular complexity index is 571. The van der Waals surface area contributed by atoms with E-state index in [1.807, 2.05) is 12.3 Å². The van der Waals surface area contributed by atoms with Crippen LogP contribution in [0, 0.1) is 12.7 Å². The van der Waals surface area contributed by atoms with Gasteiger partial charge in [0.1, 0.15) is 5.82 Å². The maximum Gasteiger partial charge on any atom is 0.129 e. The third-order valence-electron chi connectivity index (χ3n) is 3.06. The van der Waals surface area contributed by atoms with E-state index in [2.05, 4.69) is 17.2 Å². The predicted molar refractivity (Wildman–Crippen MR) is 83.0 cm³/mol. The summed E-state index contributed by atoms with van der Waals surface area (Å²) in [5.41, 5.74) is 1.64. The van der Waals surface area contributed by atoms with Crippen molar-refractivity contribution in [1.29, 1.82) is 0 Å². The van der Waals surface area contributed by atoms with E-state index in [4.69, 9.17) is 11.6 Å². The van der Waals surface area contributed by atoms with Crippen molar-refractivity contribution in [2.24, 2.45) is 0 Å². The smallest absolute Gasteiger partial charge is 0.129 e. The second-order valence-electron chi connectivity index (χ2n) is 4.73. The van der Waals surface area contributed by atoms with E-state index in [9.17, 15) is 4.39 Å². The topological polar surface area (TPSA) is 24.9 Å². The Morgan fingerprint density at radius 2 is 2.25 bits per heavy atom. The molecule has 2 nitrogen and oxygen atoms in total. The van der Waals surface area contributed by atoms with Crippen LogP contribution in [0.5, 0.6) is 0 Å². The monoisotopic (exact) mass is 312 g/mol. The molecule has 1 aromatic heterocycles. The molecule has 1 atom stereocenters. The highest BCUT2D eigenvalue weighted by atomic mass is 35.5. The molecule has 0 bridgehead atoms. The molecule has 0 aliphatic carbocycles. The van der Waals surface area contributed by atoms with Gasteiger partial charge in [-0.3, -0.25) is 0 Å². The number of aromatic nitrogens is 1. The van der Waals surface area contributed by atoms with E-state index >= 15 is 0 Å². The van der Waals surface area contributed by atoms with Crippen LogP contribution in [0.15, 0.2) is 23.6 Å².